The fraction of sp³-hybridized carbons (Fsp3) is 0.455. The van der Waals surface area contributed by atoms with Crippen molar-refractivity contribution in [3.05, 3.63) is 38.4 Å². The highest BCUT2D eigenvalue weighted by atomic mass is 35.5. The normalized spacial score (nSPS) is 23.9. The molecule has 8 heteroatoms. The van der Waals surface area contributed by atoms with Crippen LogP contribution in [0, 0.1) is 25.6 Å². The summed E-state index contributed by atoms with van der Waals surface area (Å²) >= 11 is 7.41. The maximum absolute atomic E-state index is 11.0. The van der Waals surface area contributed by atoms with Gasteiger partial charge in [-0.1, -0.05) is 13.8 Å². The Balaban J connectivity index is 2.31. The monoisotopic (exact) mass is 302 g/mol. The molecule has 0 aliphatic heterocycles. The number of rotatable bonds is 4. The molecule has 1 aliphatic rings. The minimum Gasteiger partial charge on any atom is -0.258 e. The van der Waals surface area contributed by atoms with Crippen molar-refractivity contribution in [1.82, 2.24) is 0 Å². The summed E-state index contributed by atoms with van der Waals surface area (Å²) in [6, 6.07) is 3.67. The van der Waals surface area contributed by atoms with Crippen LogP contribution in [0.2, 0.25) is 0 Å². The van der Waals surface area contributed by atoms with Gasteiger partial charge in [0.2, 0.25) is 0 Å². The number of halogens is 1. The topological polar surface area (TPSA) is 86.3 Å². The summed E-state index contributed by atoms with van der Waals surface area (Å²) < 4.78 is 0. The molecule has 1 fully saturated rings. The van der Waals surface area contributed by atoms with Crippen LogP contribution in [-0.2, 0) is 0 Å². The summed E-state index contributed by atoms with van der Waals surface area (Å²) in [5.41, 5.74) is -0.610. The van der Waals surface area contributed by atoms with Crippen molar-refractivity contribution in [1.29, 1.82) is 0 Å². The summed E-state index contributed by atoms with van der Waals surface area (Å²) in [6.45, 7) is 3.97. The van der Waals surface area contributed by atoms with Crippen LogP contribution in [0.25, 0.3) is 0 Å². The van der Waals surface area contributed by atoms with Gasteiger partial charge < -0.3 is 0 Å². The minimum atomic E-state index is -0.646. The van der Waals surface area contributed by atoms with Crippen molar-refractivity contribution >= 4 is 34.7 Å². The highest BCUT2D eigenvalue weighted by Gasteiger charge is 2.57. The highest BCUT2D eigenvalue weighted by Crippen LogP contribution is 2.59. The van der Waals surface area contributed by atoms with Gasteiger partial charge in [-0.3, -0.25) is 20.2 Å². The molecular formula is C11H11ClN2O4S. The van der Waals surface area contributed by atoms with Crippen molar-refractivity contribution in [2.45, 2.75) is 29.4 Å². The fourth-order valence-corrected chi connectivity index (χ4v) is 3.87. The third kappa shape index (κ3) is 2.52. The van der Waals surface area contributed by atoms with Crippen molar-refractivity contribution in [3.8, 4) is 0 Å². The molecule has 1 saturated carbocycles. The number of nitrogens with zero attached hydrogens (tertiary/aromatic N) is 2. The van der Waals surface area contributed by atoms with E-state index in [4.69, 9.17) is 11.6 Å². The van der Waals surface area contributed by atoms with Gasteiger partial charge in [0, 0.05) is 11.3 Å². The molecular weight excluding hydrogens is 292 g/mol. The van der Waals surface area contributed by atoms with Crippen LogP contribution in [0.5, 0.6) is 0 Å². The molecule has 0 radical (unpaired) electrons. The molecule has 0 N–H and O–H groups in total. The Labute approximate surface area is 118 Å². The Morgan fingerprint density at radius 1 is 1.26 bits per heavy atom. The molecule has 1 aliphatic carbocycles. The Bertz CT molecular complexity index is 564. The van der Waals surface area contributed by atoms with Crippen LogP contribution in [0.1, 0.15) is 13.8 Å². The van der Waals surface area contributed by atoms with Crippen LogP contribution >= 0.6 is 23.4 Å². The summed E-state index contributed by atoms with van der Waals surface area (Å²) in [7, 11) is 0. The van der Waals surface area contributed by atoms with Crippen LogP contribution in [0.4, 0.5) is 11.4 Å². The van der Waals surface area contributed by atoms with Crippen molar-refractivity contribution < 1.29 is 9.85 Å². The molecule has 19 heavy (non-hydrogen) atoms. The number of thioether (sulfide) groups is 1. The smallest absolute Gasteiger partial charge is 0.258 e. The van der Waals surface area contributed by atoms with E-state index >= 15 is 0 Å². The molecule has 0 heterocycles. The Morgan fingerprint density at radius 2 is 1.84 bits per heavy atom. The van der Waals surface area contributed by atoms with Crippen molar-refractivity contribution in [2.24, 2.45) is 5.41 Å². The number of nitro groups is 2. The first-order valence-electron chi connectivity index (χ1n) is 5.48. The molecule has 0 spiro atoms. The average molecular weight is 303 g/mol. The van der Waals surface area contributed by atoms with E-state index in [9.17, 15) is 20.2 Å². The zero-order valence-electron chi connectivity index (χ0n) is 10.2. The fourth-order valence-electron chi connectivity index (χ4n) is 1.74. The second-order valence-corrected chi connectivity index (χ2v) is 6.58. The van der Waals surface area contributed by atoms with E-state index in [0.717, 1.165) is 6.07 Å². The molecule has 0 bridgehead atoms. The van der Waals surface area contributed by atoms with Gasteiger partial charge in [0.05, 0.1) is 26.2 Å². The number of hydrogen-bond donors (Lipinski definition) is 0. The van der Waals surface area contributed by atoms with Gasteiger partial charge in [0.25, 0.3) is 11.4 Å². The van der Waals surface area contributed by atoms with Crippen molar-refractivity contribution in [2.75, 3.05) is 0 Å². The van der Waals surface area contributed by atoms with Gasteiger partial charge in [-0.05, 0) is 11.5 Å². The maximum Gasteiger partial charge on any atom is 0.289 e. The van der Waals surface area contributed by atoms with Gasteiger partial charge >= 0.3 is 0 Å². The van der Waals surface area contributed by atoms with E-state index in [-0.39, 0.29) is 27.4 Å². The van der Waals surface area contributed by atoms with Gasteiger partial charge in [-0.15, -0.1) is 23.4 Å². The van der Waals surface area contributed by atoms with E-state index in [1.54, 1.807) is 0 Å². The zero-order valence-corrected chi connectivity index (χ0v) is 11.8. The van der Waals surface area contributed by atoms with Gasteiger partial charge in [-0.2, -0.15) is 0 Å². The summed E-state index contributed by atoms with van der Waals surface area (Å²) in [5, 5.41) is 21.6. The number of alkyl halides is 1. The Morgan fingerprint density at radius 3 is 2.26 bits per heavy atom. The molecule has 2 unspecified atom stereocenters. The highest BCUT2D eigenvalue weighted by molar-refractivity contribution is 8.00. The van der Waals surface area contributed by atoms with Crippen molar-refractivity contribution in [3.63, 3.8) is 0 Å². The molecule has 102 valence electrons. The first kappa shape index (κ1) is 14.1. The van der Waals surface area contributed by atoms with Gasteiger partial charge in [0.1, 0.15) is 0 Å². The van der Waals surface area contributed by atoms with Gasteiger partial charge in [0.15, 0.2) is 0 Å². The molecule has 0 aromatic heterocycles. The number of non-ortho nitro benzene ring substituents is 1. The summed E-state index contributed by atoms with van der Waals surface area (Å²) in [5.74, 6) is 0. The molecule has 0 saturated heterocycles. The van der Waals surface area contributed by atoms with Gasteiger partial charge in [-0.25, -0.2) is 0 Å². The summed E-state index contributed by atoms with van der Waals surface area (Å²) in [6.07, 6.45) is 0. The lowest BCUT2D eigenvalue weighted by Gasteiger charge is -2.04. The quantitative estimate of drug-likeness (QED) is 0.481. The molecule has 6 nitrogen and oxygen atoms in total. The van der Waals surface area contributed by atoms with E-state index in [1.807, 2.05) is 13.8 Å². The molecule has 0 amide bonds. The molecule has 1 aromatic carbocycles. The lowest BCUT2D eigenvalue weighted by molar-refractivity contribution is -0.396. The number of nitro benzene ring substituents is 2. The number of benzene rings is 1. The maximum atomic E-state index is 11.0. The molecule has 2 rings (SSSR count). The van der Waals surface area contributed by atoms with Crippen LogP contribution in [0.3, 0.4) is 0 Å². The third-order valence-corrected chi connectivity index (χ3v) is 5.90. The van der Waals surface area contributed by atoms with E-state index < -0.39 is 9.85 Å². The van der Waals surface area contributed by atoms with Crippen LogP contribution in [0.15, 0.2) is 23.1 Å². The SMILES string of the molecule is CC1(C)C(Cl)C1Sc1ccc([N+](=O)[O-])cc1[N+](=O)[O-]. The predicted molar refractivity (Wildman–Crippen MR) is 72.8 cm³/mol. The minimum absolute atomic E-state index is 0.0488. The predicted octanol–water partition coefficient (Wildman–Crippen LogP) is 3.61. The number of hydrogen-bond acceptors (Lipinski definition) is 5. The first-order chi connectivity index (χ1) is 8.75. The van der Waals surface area contributed by atoms with Crippen LogP contribution < -0.4 is 0 Å². The lowest BCUT2D eigenvalue weighted by atomic mass is 10.2. The summed E-state index contributed by atoms with van der Waals surface area (Å²) in [4.78, 5) is 20.8. The second kappa shape index (κ2) is 4.64. The Kier molecular flexibility index (Phi) is 3.44. The molecule has 1 aromatic rings. The van der Waals surface area contributed by atoms with E-state index in [0.29, 0.717) is 4.90 Å². The largest absolute Gasteiger partial charge is 0.289 e. The second-order valence-electron chi connectivity index (χ2n) is 4.93. The lowest BCUT2D eigenvalue weighted by Crippen LogP contribution is -1.96. The average Bonchev–Trinajstić information content (AvgIpc) is 2.79. The van der Waals surface area contributed by atoms with E-state index in [2.05, 4.69) is 0 Å². The van der Waals surface area contributed by atoms with E-state index in [1.165, 1.54) is 23.9 Å². The first-order valence-corrected chi connectivity index (χ1v) is 6.80. The van der Waals surface area contributed by atoms with Crippen LogP contribution in [-0.4, -0.2) is 20.5 Å². The molecule has 2 atom stereocenters. The Hall–Kier alpha value is -1.34. The zero-order chi connectivity index (χ0) is 14.4. The standard InChI is InChI=1S/C11H11ClN2O4S/c1-11(2)9(12)10(11)19-8-4-3-6(13(15)16)5-7(8)14(17)18/h3-5,9-10H,1-2H3. The third-order valence-electron chi connectivity index (χ3n) is 3.20.